The van der Waals surface area contributed by atoms with Crippen molar-refractivity contribution < 1.29 is 8.78 Å². The van der Waals surface area contributed by atoms with Crippen molar-refractivity contribution in [3.05, 3.63) is 84.2 Å². The highest BCUT2D eigenvalue weighted by atomic mass is 19.1. The first kappa shape index (κ1) is 24.7. The first-order valence-electron chi connectivity index (χ1n) is 13.6. The quantitative estimate of drug-likeness (QED) is 0.277. The molecule has 0 radical (unpaired) electrons. The first-order valence-corrected chi connectivity index (χ1v) is 13.6. The van der Waals surface area contributed by atoms with E-state index in [0.29, 0.717) is 41.3 Å². The Balaban J connectivity index is 1.26. The van der Waals surface area contributed by atoms with Gasteiger partial charge in [0.25, 0.3) is 0 Å². The maximum Gasteiger partial charge on any atom is 0.164 e. The van der Waals surface area contributed by atoms with Gasteiger partial charge in [-0.15, -0.1) is 10.2 Å². The van der Waals surface area contributed by atoms with E-state index in [-0.39, 0.29) is 11.5 Å². The molecule has 0 bridgehead atoms. The zero-order valence-electron chi connectivity index (χ0n) is 22.1. The second kappa shape index (κ2) is 10.0. The van der Waals surface area contributed by atoms with Crippen molar-refractivity contribution in [2.24, 2.45) is 7.05 Å². The molecule has 4 heterocycles. The van der Waals surface area contributed by atoms with Crippen molar-refractivity contribution in [3.63, 3.8) is 0 Å². The topological polar surface area (TPSA) is 86.3 Å². The highest BCUT2D eigenvalue weighted by molar-refractivity contribution is 5.81. The van der Waals surface area contributed by atoms with E-state index in [2.05, 4.69) is 31.7 Å². The zero-order valence-corrected chi connectivity index (χ0v) is 22.1. The maximum atomic E-state index is 14.9. The van der Waals surface area contributed by atoms with E-state index in [1.165, 1.54) is 37.5 Å². The monoisotopic (exact) mass is 538 g/mol. The predicted octanol–water partition coefficient (Wildman–Crippen LogP) is 5.59. The third kappa shape index (κ3) is 4.79. The van der Waals surface area contributed by atoms with Crippen LogP contribution in [0.4, 0.5) is 8.78 Å². The molecule has 0 unspecified atom stereocenters. The number of pyridine rings is 2. The summed E-state index contributed by atoms with van der Waals surface area (Å²) in [4.78, 5) is 9.49. The van der Waals surface area contributed by atoms with Crippen LogP contribution in [-0.2, 0) is 13.6 Å². The largest absolute Gasteiger partial charge is 0.317 e. The summed E-state index contributed by atoms with van der Waals surface area (Å²) >= 11 is 0. The van der Waals surface area contributed by atoms with Crippen LogP contribution in [0, 0.1) is 11.6 Å². The van der Waals surface area contributed by atoms with Crippen LogP contribution in [-0.4, -0.2) is 40.6 Å². The van der Waals surface area contributed by atoms with E-state index in [4.69, 9.17) is 4.98 Å². The molecule has 4 aromatic heterocycles. The van der Waals surface area contributed by atoms with Gasteiger partial charge in [0.1, 0.15) is 23.7 Å². The smallest absolute Gasteiger partial charge is 0.164 e. The lowest BCUT2D eigenvalue weighted by atomic mass is 9.93. The van der Waals surface area contributed by atoms with E-state index in [0.717, 1.165) is 35.4 Å². The van der Waals surface area contributed by atoms with Crippen LogP contribution in [0.5, 0.6) is 0 Å². The third-order valence-electron chi connectivity index (χ3n) is 7.74. The fraction of sp³-hybridized carbons (Fsp3) is 0.300. The first-order chi connectivity index (χ1) is 19.5. The lowest BCUT2D eigenvalue weighted by Gasteiger charge is -2.26. The summed E-state index contributed by atoms with van der Waals surface area (Å²) in [5.74, 6) is 0.783. The number of hydrogen-bond donors (Lipinski definition) is 1. The summed E-state index contributed by atoms with van der Waals surface area (Å²) in [5, 5.41) is 16.2. The standard InChI is InChI=1S/C30H28F2N8/c1-39-17-34-38-30(39)25-13-21(31)7-9-24(25)19-11-27(18-5-6-18)37-28(12-19)40-16-20(14-35-40)29-26(32)10-8-23(36-29)15-33-22-3-2-4-22/h7-14,16-18,22,33H,2-6,15H2,1H3. The lowest BCUT2D eigenvalue weighted by Crippen LogP contribution is -2.34. The molecule has 10 heteroatoms. The number of nitrogens with zero attached hydrogens (tertiary/aromatic N) is 7. The minimum atomic E-state index is -0.396. The Morgan fingerprint density at radius 2 is 1.82 bits per heavy atom. The van der Waals surface area contributed by atoms with Gasteiger partial charge in [-0.05, 0) is 73.2 Å². The van der Waals surface area contributed by atoms with Gasteiger partial charge in [0.15, 0.2) is 11.6 Å². The van der Waals surface area contributed by atoms with Gasteiger partial charge in [-0.1, -0.05) is 12.5 Å². The van der Waals surface area contributed by atoms with Gasteiger partial charge in [0.2, 0.25) is 0 Å². The van der Waals surface area contributed by atoms with E-state index in [1.807, 2.05) is 13.1 Å². The summed E-state index contributed by atoms with van der Waals surface area (Å²) in [5.41, 5.74) is 4.90. The predicted molar refractivity (Wildman–Crippen MR) is 146 cm³/mol. The average molecular weight is 539 g/mol. The molecule has 0 aliphatic heterocycles. The van der Waals surface area contributed by atoms with Crippen LogP contribution in [0.3, 0.4) is 0 Å². The van der Waals surface area contributed by atoms with Crippen LogP contribution >= 0.6 is 0 Å². The second-order valence-electron chi connectivity index (χ2n) is 10.7. The van der Waals surface area contributed by atoms with Crippen LogP contribution in [0.2, 0.25) is 0 Å². The molecule has 1 aromatic carbocycles. The van der Waals surface area contributed by atoms with Crippen molar-refractivity contribution in [1.82, 2.24) is 39.8 Å². The SMILES string of the molecule is Cn1cnnc1-c1cc(F)ccc1-c1cc(C2CC2)nc(-n2cc(-c3nc(CNC4CCC4)ccc3F)cn2)c1. The molecule has 2 aliphatic rings. The zero-order chi connectivity index (χ0) is 27.2. The van der Waals surface area contributed by atoms with Gasteiger partial charge in [-0.2, -0.15) is 5.10 Å². The lowest BCUT2D eigenvalue weighted by molar-refractivity contribution is 0.337. The summed E-state index contributed by atoms with van der Waals surface area (Å²) in [7, 11) is 1.83. The van der Waals surface area contributed by atoms with E-state index in [1.54, 1.807) is 40.1 Å². The normalized spacial score (nSPS) is 15.4. The van der Waals surface area contributed by atoms with Gasteiger partial charge in [-0.3, -0.25) is 0 Å². The van der Waals surface area contributed by atoms with E-state index < -0.39 is 5.82 Å². The number of nitrogens with one attached hydrogen (secondary N) is 1. The number of benzene rings is 1. The molecule has 202 valence electrons. The molecule has 0 spiro atoms. The van der Waals surface area contributed by atoms with Crippen molar-refractivity contribution >= 4 is 0 Å². The Hall–Kier alpha value is -4.31. The Labute approximate surface area is 230 Å². The molecule has 2 saturated carbocycles. The average Bonchev–Trinajstić information content (AvgIpc) is 3.51. The minimum absolute atomic E-state index is 0.265. The van der Waals surface area contributed by atoms with Crippen molar-refractivity contribution in [2.45, 2.75) is 50.6 Å². The number of aryl methyl sites for hydroxylation is 1. The Morgan fingerprint density at radius 3 is 2.58 bits per heavy atom. The van der Waals surface area contributed by atoms with Gasteiger partial charge < -0.3 is 9.88 Å². The van der Waals surface area contributed by atoms with Gasteiger partial charge in [0.05, 0.1) is 11.9 Å². The third-order valence-corrected chi connectivity index (χ3v) is 7.74. The summed E-state index contributed by atoms with van der Waals surface area (Å²) in [6.45, 7) is 0.603. The fourth-order valence-electron chi connectivity index (χ4n) is 5.09. The Morgan fingerprint density at radius 1 is 0.950 bits per heavy atom. The molecule has 0 saturated heterocycles. The minimum Gasteiger partial charge on any atom is -0.317 e. The van der Waals surface area contributed by atoms with Crippen molar-refractivity contribution in [1.29, 1.82) is 0 Å². The maximum absolute atomic E-state index is 14.9. The molecule has 8 nitrogen and oxygen atoms in total. The molecular weight excluding hydrogens is 510 g/mol. The summed E-state index contributed by atoms with van der Waals surface area (Å²) in [6.07, 6.45) is 10.7. The van der Waals surface area contributed by atoms with E-state index >= 15 is 0 Å². The molecule has 2 fully saturated rings. The Bertz CT molecular complexity index is 1700. The number of rotatable bonds is 8. The number of hydrogen-bond acceptors (Lipinski definition) is 6. The highest BCUT2D eigenvalue weighted by Gasteiger charge is 2.27. The molecule has 1 N–H and O–H groups in total. The molecular formula is C30H28F2N8. The van der Waals surface area contributed by atoms with Gasteiger partial charge in [0, 0.05) is 48.6 Å². The number of halogens is 2. The van der Waals surface area contributed by atoms with Crippen molar-refractivity contribution in [3.8, 4) is 39.6 Å². The van der Waals surface area contributed by atoms with Crippen LogP contribution in [0.15, 0.2) is 61.2 Å². The number of aromatic nitrogens is 7. The molecule has 0 atom stereocenters. The van der Waals surface area contributed by atoms with E-state index in [9.17, 15) is 8.78 Å². The second-order valence-corrected chi connectivity index (χ2v) is 10.7. The molecule has 40 heavy (non-hydrogen) atoms. The van der Waals surface area contributed by atoms with Crippen LogP contribution < -0.4 is 5.32 Å². The highest BCUT2D eigenvalue weighted by Crippen LogP contribution is 2.42. The van der Waals surface area contributed by atoms with Crippen LogP contribution in [0.25, 0.3) is 39.6 Å². The van der Waals surface area contributed by atoms with Gasteiger partial charge >= 0.3 is 0 Å². The molecule has 2 aliphatic carbocycles. The summed E-state index contributed by atoms with van der Waals surface area (Å²) in [6, 6.07) is 12.3. The fourth-order valence-corrected chi connectivity index (χ4v) is 5.09. The molecule has 0 amide bonds. The molecule has 5 aromatic rings. The molecule has 7 rings (SSSR count). The van der Waals surface area contributed by atoms with Crippen LogP contribution in [0.1, 0.15) is 49.4 Å². The summed E-state index contributed by atoms with van der Waals surface area (Å²) < 4.78 is 32.6. The van der Waals surface area contributed by atoms with Crippen molar-refractivity contribution in [2.75, 3.05) is 0 Å². The Kier molecular flexibility index (Phi) is 6.19. The van der Waals surface area contributed by atoms with Gasteiger partial charge in [-0.25, -0.2) is 23.4 Å².